The SMILES string of the molecule is Nc1cc(OC2CCOCC2)ccc1O. The molecule has 0 aliphatic carbocycles. The van der Waals surface area contributed by atoms with E-state index in [0.717, 1.165) is 26.1 Å². The van der Waals surface area contributed by atoms with Crippen molar-refractivity contribution in [2.75, 3.05) is 18.9 Å². The van der Waals surface area contributed by atoms with Crippen molar-refractivity contribution in [1.29, 1.82) is 0 Å². The summed E-state index contributed by atoms with van der Waals surface area (Å²) >= 11 is 0. The molecule has 1 saturated heterocycles. The zero-order valence-corrected chi connectivity index (χ0v) is 8.48. The summed E-state index contributed by atoms with van der Waals surface area (Å²) in [7, 11) is 0. The van der Waals surface area contributed by atoms with Crippen LogP contribution in [0.15, 0.2) is 18.2 Å². The molecule has 3 N–H and O–H groups in total. The third-order valence-corrected chi connectivity index (χ3v) is 2.47. The van der Waals surface area contributed by atoms with E-state index in [1.807, 2.05) is 0 Å². The third kappa shape index (κ3) is 2.53. The quantitative estimate of drug-likeness (QED) is 0.572. The van der Waals surface area contributed by atoms with Crippen molar-refractivity contribution in [2.24, 2.45) is 0 Å². The monoisotopic (exact) mass is 209 g/mol. The Balaban J connectivity index is 2.00. The first-order chi connectivity index (χ1) is 7.25. The largest absolute Gasteiger partial charge is 0.506 e. The summed E-state index contributed by atoms with van der Waals surface area (Å²) in [5.41, 5.74) is 5.92. The van der Waals surface area contributed by atoms with E-state index < -0.39 is 0 Å². The van der Waals surface area contributed by atoms with Gasteiger partial charge in [0.2, 0.25) is 0 Å². The second-order valence-electron chi connectivity index (χ2n) is 3.65. The molecule has 0 unspecified atom stereocenters. The molecule has 4 nitrogen and oxygen atoms in total. The molecule has 0 saturated carbocycles. The van der Waals surface area contributed by atoms with Gasteiger partial charge in [-0.2, -0.15) is 0 Å². The fourth-order valence-corrected chi connectivity index (χ4v) is 1.59. The van der Waals surface area contributed by atoms with Crippen molar-refractivity contribution >= 4 is 5.69 Å². The number of phenols is 1. The van der Waals surface area contributed by atoms with Crippen molar-refractivity contribution in [3.8, 4) is 11.5 Å². The van der Waals surface area contributed by atoms with Crippen molar-refractivity contribution < 1.29 is 14.6 Å². The van der Waals surface area contributed by atoms with Gasteiger partial charge in [0.25, 0.3) is 0 Å². The standard InChI is InChI=1S/C11H15NO3/c12-10-7-9(1-2-11(10)13)15-8-3-5-14-6-4-8/h1-2,7-8,13H,3-6,12H2. The molecule has 4 heteroatoms. The van der Waals surface area contributed by atoms with Crippen LogP contribution >= 0.6 is 0 Å². The number of ether oxygens (including phenoxy) is 2. The van der Waals surface area contributed by atoms with E-state index in [0.29, 0.717) is 11.4 Å². The summed E-state index contributed by atoms with van der Waals surface area (Å²) in [5, 5.41) is 9.25. The van der Waals surface area contributed by atoms with Gasteiger partial charge in [0.1, 0.15) is 17.6 Å². The van der Waals surface area contributed by atoms with Crippen molar-refractivity contribution in [2.45, 2.75) is 18.9 Å². The van der Waals surface area contributed by atoms with Crippen LogP contribution in [0, 0.1) is 0 Å². The Bertz CT molecular complexity index is 335. The number of benzene rings is 1. The van der Waals surface area contributed by atoms with E-state index in [2.05, 4.69) is 0 Å². The van der Waals surface area contributed by atoms with Gasteiger partial charge in [0, 0.05) is 18.9 Å². The Labute approximate surface area is 88.6 Å². The summed E-state index contributed by atoms with van der Waals surface area (Å²) < 4.78 is 11.0. The molecule has 1 aromatic rings. The number of nitrogen functional groups attached to an aromatic ring is 1. The number of rotatable bonds is 2. The summed E-state index contributed by atoms with van der Waals surface area (Å²) in [6, 6.07) is 4.91. The second kappa shape index (κ2) is 4.40. The lowest BCUT2D eigenvalue weighted by Gasteiger charge is -2.23. The summed E-state index contributed by atoms with van der Waals surface area (Å²) in [6.07, 6.45) is 2.00. The first kappa shape index (κ1) is 10.1. The molecular formula is C11H15NO3. The van der Waals surface area contributed by atoms with Gasteiger partial charge in [-0.05, 0) is 12.1 Å². The normalized spacial score (nSPS) is 17.6. The predicted molar refractivity (Wildman–Crippen MR) is 57.0 cm³/mol. The summed E-state index contributed by atoms with van der Waals surface area (Å²) in [4.78, 5) is 0. The average molecular weight is 209 g/mol. The van der Waals surface area contributed by atoms with Crippen molar-refractivity contribution in [1.82, 2.24) is 0 Å². The maximum absolute atomic E-state index is 9.25. The first-order valence-corrected chi connectivity index (χ1v) is 5.08. The van der Waals surface area contributed by atoms with Crippen LogP contribution in [0.4, 0.5) is 5.69 Å². The minimum atomic E-state index is 0.0920. The van der Waals surface area contributed by atoms with Crippen molar-refractivity contribution in [3.63, 3.8) is 0 Å². The zero-order valence-electron chi connectivity index (χ0n) is 8.48. The molecule has 0 spiro atoms. The molecule has 2 rings (SSSR count). The molecule has 0 amide bonds. The molecule has 0 bridgehead atoms. The Morgan fingerprint density at radius 1 is 1.33 bits per heavy atom. The van der Waals surface area contributed by atoms with Gasteiger partial charge in [-0.15, -0.1) is 0 Å². The second-order valence-corrected chi connectivity index (χ2v) is 3.65. The van der Waals surface area contributed by atoms with Crippen molar-refractivity contribution in [3.05, 3.63) is 18.2 Å². The number of hydrogen-bond donors (Lipinski definition) is 2. The molecule has 1 fully saturated rings. The lowest BCUT2D eigenvalue weighted by molar-refractivity contribution is 0.0256. The molecule has 0 atom stereocenters. The number of anilines is 1. The zero-order chi connectivity index (χ0) is 10.7. The van der Waals surface area contributed by atoms with Gasteiger partial charge in [-0.25, -0.2) is 0 Å². The highest BCUT2D eigenvalue weighted by Crippen LogP contribution is 2.26. The van der Waals surface area contributed by atoms with Crippen LogP contribution in [0.2, 0.25) is 0 Å². The maximum atomic E-state index is 9.25. The summed E-state index contributed by atoms with van der Waals surface area (Å²) in [5.74, 6) is 0.798. The summed E-state index contributed by atoms with van der Waals surface area (Å²) in [6.45, 7) is 1.50. The van der Waals surface area contributed by atoms with E-state index >= 15 is 0 Å². The van der Waals surface area contributed by atoms with Gasteiger partial charge >= 0.3 is 0 Å². The van der Waals surface area contributed by atoms with Gasteiger partial charge in [-0.1, -0.05) is 0 Å². The first-order valence-electron chi connectivity index (χ1n) is 5.08. The minimum Gasteiger partial charge on any atom is -0.506 e. The molecule has 1 aliphatic rings. The van der Waals surface area contributed by atoms with Crippen LogP contribution in [-0.4, -0.2) is 24.4 Å². The van der Waals surface area contributed by atoms with E-state index in [1.54, 1.807) is 18.2 Å². The lowest BCUT2D eigenvalue weighted by atomic mass is 10.1. The topological polar surface area (TPSA) is 64.7 Å². The average Bonchev–Trinajstić information content (AvgIpc) is 2.25. The highest BCUT2D eigenvalue weighted by atomic mass is 16.5. The predicted octanol–water partition coefficient (Wildman–Crippen LogP) is 1.53. The molecule has 1 aliphatic heterocycles. The number of phenolic OH excluding ortho intramolecular Hbond substituents is 1. The Kier molecular flexibility index (Phi) is 2.97. The Morgan fingerprint density at radius 3 is 2.73 bits per heavy atom. The van der Waals surface area contributed by atoms with Gasteiger partial charge in [0.15, 0.2) is 0 Å². The molecular weight excluding hydrogens is 194 g/mol. The van der Waals surface area contributed by atoms with E-state index in [-0.39, 0.29) is 11.9 Å². The van der Waals surface area contributed by atoms with Crippen LogP contribution in [0.1, 0.15) is 12.8 Å². The fourth-order valence-electron chi connectivity index (χ4n) is 1.59. The Hall–Kier alpha value is -1.42. The molecule has 1 heterocycles. The number of hydrogen-bond acceptors (Lipinski definition) is 4. The van der Waals surface area contributed by atoms with E-state index in [1.165, 1.54) is 0 Å². The molecule has 0 radical (unpaired) electrons. The van der Waals surface area contributed by atoms with Gasteiger partial charge in [-0.3, -0.25) is 0 Å². The van der Waals surface area contributed by atoms with Crippen LogP contribution in [-0.2, 0) is 4.74 Å². The van der Waals surface area contributed by atoms with Crippen LogP contribution in [0.5, 0.6) is 11.5 Å². The van der Waals surface area contributed by atoms with Gasteiger partial charge in [0.05, 0.1) is 18.9 Å². The number of nitrogens with two attached hydrogens (primary N) is 1. The molecule has 0 aromatic heterocycles. The van der Waals surface area contributed by atoms with E-state index in [9.17, 15) is 5.11 Å². The fraction of sp³-hybridized carbons (Fsp3) is 0.455. The lowest BCUT2D eigenvalue weighted by Crippen LogP contribution is -2.25. The minimum absolute atomic E-state index is 0.0920. The third-order valence-electron chi connectivity index (χ3n) is 2.47. The number of aromatic hydroxyl groups is 1. The van der Waals surface area contributed by atoms with E-state index in [4.69, 9.17) is 15.2 Å². The molecule has 82 valence electrons. The highest BCUT2D eigenvalue weighted by Gasteiger charge is 2.15. The van der Waals surface area contributed by atoms with Crippen LogP contribution < -0.4 is 10.5 Å². The van der Waals surface area contributed by atoms with Crippen LogP contribution in [0.3, 0.4) is 0 Å². The Morgan fingerprint density at radius 2 is 2.07 bits per heavy atom. The van der Waals surface area contributed by atoms with Gasteiger partial charge < -0.3 is 20.3 Å². The highest BCUT2D eigenvalue weighted by molar-refractivity contribution is 5.55. The smallest absolute Gasteiger partial charge is 0.138 e. The molecule has 1 aromatic carbocycles. The maximum Gasteiger partial charge on any atom is 0.138 e. The van der Waals surface area contributed by atoms with Crippen LogP contribution in [0.25, 0.3) is 0 Å². The molecule has 15 heavy (non-hydrogen) atoms.